The molecular weight excluding hydrogens is 228 g/mol. The lowest BCUT2D eigenvalue weighted by Crippen LogP contribution is -2.51. The Labute approximate surface area is 107 Å². The monoisotopic (exact) mass is 246 g/mol. The van der Waals surface area contributed by atoms with Crippen LogP contribution in [0.5, 0.6) is 0 Å². The Hall–Kier alpha value is -1.84. The fourth-order valence-corrected chi connectivity index (χ4v) is 2.02. The van der Waals surface area contributed by atoms with Crippen molar-refractivity contribution in [1.82, 2.24) is 5.32 Å². The van der Waals surface area contributed by atoms with Gasteiger partial charge in [-0.25, -0.2) is 0 Å². The molecule has 0 saturated carbocycles. The number of carbonyl (C=O) groups excluding carboxylic acids is 2. The zero-order chi connectivity index (χ0) is 13.0. The van der Waals surface area contributed by atoms with Crippen LogP contribution in [0.3, 0.4) is 0 Å². The topological polar surface area (TPSA) is 49.4 Å². The van der Waals surface area contributed by atoms with Crippen molar-refractivity contribution in [3.63, 3.8) is 0 Å². The number of nitrogens with one attached hydrogen (secondary N) is 1. The first kappa shape index (κ1) is 12.6. The fourth-order valence-electron chi connectivity index (χ4n) is 2.02. The second kappa shape index (κ2) is 5.67. The number of piperazine rings is 1. The standard InChI is InChI=1S/C14H18N2O2/c1-2-3-4-11-5-7-12(8-6-11)16-10-13(17)15-9-14(16)18/h5-8H,2-4,9-10H2,1H3,(H,15,17). The van der Waals surface area contributed by atoms with E-state index in [2.05, 4.69) is 12.2 Å². The average Bonchev–Trinajstić information content (AvgIpc) is 2.40. The van der Waals surface area contributed by atoms with Gasteiger partial charge in [-0.3, -0.25) is 9.59 Å². The lowest BCUT2D eigenvalue weighted by Gasteiger charge is -2.26. The number of unbranched alkanes of at least 4 members (excludes halogenated alkanes) is 1. The smallest absolute Gasteiger partial charge is 0.246 e. The first-order valence-electron chi connectivity index (χ1n) is 6.36. The highest BCUT2D eigenvalue weighted by atomic mass is 16.2. The Morgan fingerprint density at radius 3 is 2.61 bits per heavy atom. The van der Waals surface area contributed by atoms with Crippen LogP contribution in [-0.2, 0) is 16.0 Å². The van der Waals surface area contributed by atoms with Crippen molar-refractivity contribution in [1.29, 1.82) is 0 Å². The average molecular weight is 246 g/mol. The summed E-state index contributed by atoms with van der Waals surface area (Å²) in [7, 11) is 0. The van der Waals surface area contributed by atoms with Crippen LogP contribution in [-0.4, -0.2) is 24.9 Å². The Kier molecular flexibility index (Phi) is 3.97. The number of anilines is 1. The van der Waals surface area contributed by atoms with Gasteiger partial charge in [0.1, 0.15) is 6.54 Å². The highest BCUT2D eigenvalue weighted by Crippen LogP contribution is 2.17. The van der Waals surface area contributed by atoms with Crippen molar-refractivity contribution in [2.24, 2.45) is 0 Å². The molecule has 4 nitrogen and oxygen atoms in total. The van der Waals surface area contributed by atoms with Gasteiger partial charge in [-0.05, 0) is 30.5 Å². The number of aryl methyl sites for hydroxylation is 1. The Balaban J connectivity index is 2.08. The fraction of sp³-hybridized carbons (Fsp3) is 0.429. The zero-order valence-electron chi connectivity index (χ0n) is 10.6. The highest BCUT2D eigenvalue weighted by molar-refractivity contribution is 6.04. The van der Waals surface area contributed by atoms with E-state index in [0.717, 1.165) is 12.1 Å². The van der Waals surface area contributed by atoms with Crippen molar-refractivity contribution >= 4 is 17.5 Å². The molecule has 2 amide bonds. The Bertz CT molecular complexity index is 440. The SMILES string of the molecule is CCCCc1ccc(N2CC(=O)NCC2=O)cc1. The molecule has 0 aromatic heterocycles. The van der Waals surface area contributed by atoms with Crippen molar-refractivity contribution in [2.45, 2.75) is 26.2 Å². The first-order chi connectivity index (χ1) is 8.70. The molecule has 0 bridgehead atoms. The van der Waals surface area contributed by atoms with E-state index in [1.165, 1.54) is 23.3 Å². The van der Waals surface area contributed by atoms with E-state index in [1.54, 1.807) is 0 Å². The molecule has 1 aromatic rings. The summed E-state index contributed by atoms with van der Waals surface area (Å²) in [4.78, 5) is 24.5. The summed E-state index contributed by atoms with van der Waals surface area (Å²) in [5.74, 6) is -0.166. The number of hydrogen-bond acceptors (Lipinski definition) is 2. The van der Waals surface area contributed by atoms with Crippen LogP contribution >= 0.6 is 0 Å². The van der Waals surface area contributed by atoms with Gasteiger partial charge >= 0.3 is 0 Å². The molecule has 18 heavy (non-hydrogen) atoms. The van der Waals surface area contributed by atoms with Crippen LogP contribution in [0.25, 0.3) is 0 Å². The van der Waals surface area contributed by atoms with E-state index >= 15 is 0 Å². The van der Waals surface area contributed by atoms with Crippen LogP contribution in [0, 0.1) is 0 Å². The van der Waals surface area contributed by atoms with Gasteiger partial charge in [0.25, 0.3) is 0 Å². The molecule has 1 aliphatic heterocycles. The van der Waals surface area contributed by atoms with Crippen LogP contribution in [0.1, 0.15) is 25.3 Å². The van der Waals surface area contributed by atoms with E-state index in [-0.39, 0.29) is 24.9 Å². The van der Waals surface area contributed by atoms with E-state index < -0.39 is 0 Å². The van der Waals surface area contributed by atoms with Crippen LogP contribution in [0.15, 0.2) is 24.3 Å². The highest BCUT2D eigenvalue weighted by Gasteiger charge is 2.23. The maximum absolute atomic E-state index is 11.7. The molecule has 0 atom stereocenters. The quantitative estimate of drug-likeness (QED) is 0.875. The summed E-state index contributed by atoms with van der Waals surface area (Å²) in [6, 6.07) is 7.90. The largest absolute Gasteiger partial charge is 0.345 e. The minimum Gasteiger partial charge on any atom is -0.345 e. The molecule has 0 aliphatic carbocycles. The molecule has 0 spiro atoms. The van der Waals surface area contributed by atoms with Gasteiger partial charge in [0.05, 0.1) is 6.54 Å². The van der Waals surface area contributed by atoms with Gasteiger partial charge in [0, 0.05) is 5.69 Å². The van der Waals surface area contributed by atoms with Gasteiger partial charge in [0.15, 0.2) is 0 Å². The van der Waals surface area contributed by atoms with Crippen molar-refractivity contribution in [3.05, 3.63) is 29.8 Å². The summed E-state index contributed by atoms with van der Waals surface area (Å²) in [5, 5.41) is 2.54. The number of rotatable bonds is 4. The second-order valence-electron chi connectivity index (χ2n) is 4.53. The van der Waals surface area contributed by atoms with Gasteiger partial charge in [-0.2, -0.15) is 0 Å². The lowest BCUT2D eigenvalue weighted by molar-refractivity contribution is -0.128. The minimum atomic E-state index is -0.107. The summed E-state index contributed by atoms with van der Waals surface area (Å²) in [6.07, 6.45) is 3.40. The van der Waals surface area contributed by atoms with E-state index in [0.29, 0.717) is 0 Å². The molecule has 1 heterocycles. The molecule has 0 radical (unpaired) electrons. The number of benzene rings is 1. The van der Waals surface area contributed by atoms with Crippen molar-refractivity contribution in [2.75, 3.05) is 18.0 Å². The van der Waals surface area contributed by atoms with Crippen molar-refractivity contribution < 1.29 is 9.59 Å². The summed E-state index contributed by atoms with van der Waals surface area (Å²) in [6.45, 7) is 2.38. The van der Waals surface area contributed by atoms with Gasteiger partial charge in [0.2, 0.25) is 11.8 Å². The molecule has 4 heteroatoms. The predicted octanol–water partition coefficient (Wildman–Crippen LogP) is 1.49. The van der Waals surface area contributed by atoms with Gasteiger partial charge in [-0.1, -0.05) is 25.5 Å². The number of amides is 2. The molecular formula is C14H18N2O2. The third-order valence-corrected chi connectivity index (χ3v) is 3.11. The third-order valence-electron chi connectivity index (χ3n) is 3.11. The lowest BCUT2D eigenvalue weighted by atomic mass is 10.1. The molecule has 1 aliphatic rings. The number of carbonyl (C=O) groups is 2. The van der Waals surface area contributed by atoms with Gasteiger partial charge < -0.3 is 10.2 Å². The van der Waals surface area contributed by atoms with E-state index in [9.17, 15) is 9.59 Å². The number of hydrogen-bond donors (Lipinski definition) is 1. The molecule has 96 valence electrons. The maximum Gasteiger partial charge on any atom is 0.246 e. The molecule has 1 saturated heterocycles. The predicted molar refractivity (Wildman–Crippen MR) is 70.4 cm³/mol. The molecule has 0 unspecified atom stereocenters. The van der Waals surface area contributed by atoms with Gasteiger partial charge in [-0.15, -0.1) is 0 Å². The normalized spacial score (nSPS) is 15.7. The Morgan fingerprint density at radius 2 is 1.94 bits per heavy atom. The van der Waals surface area contributed by atoms with E-state index in [1.807, 2.05) is 24.3 Å². The third kappa shape index (κ3) is 2.88. The molecule has 2 rings (SSSR count). The minimum absolute atomic E-state index is 0.0593. The van der Waals surface area contributed by atoms with Crippen molar-refractivity contribution in [3.8, 4) is 0 Å². The number of nitrogens with zero attached hydrogens (tertiary/aromatic N) is 1. The second-order valence-corrected chi connectivity index (χ2v) is 4.53. The van der Waals surface area contributed by atoms with Crippen LogP contribution in [0.4, 0.5) is 5.69 Å². The van der Waals surface area contributed by atoms with Crippen LogP contribution in [0.2, 0.25) is 0 Å². The molecule has 1 N–H and O–H groups in total. The maximum atomic E-state index is 11.7. The van der Waals surface area contributed by atoms with E-state index in [4.69, 9.17) is 0 Å². The zero-order valence-corrected chi connectivity index (χ0v) is 10.6. The molecule has 1 fully saturated rings. The summed E-state index contributed by atoms with van der Waals surface area (Å²) < 4.78 is 0. The summed E-state index contributed by atoms with van der Waals surface area (Å²) in [5.41, 5.74) is 2.07. The van der Waals surface area contributed by atoms with Crippen LogP contribution < -0.4 is 10.2 Å². The molecule has 1 aromatic carbocycles. The Morgan fingerprint density at radius 1 is 1.22 bits per heavy atom. The summed E-state index contributed by atoms with van der Waals surface area (Å²) >= 11 is 0. The first-order valence-corrected chi connectivity index (χ1v) is 6.36.